The van der Waals surface area contributed by atoms with Gasteiger partial charge in [-0.25, -0.2) is 9.18 Å². The van der Waals surface area contributed by atoms with Crippen molar-refractivity contribution >= 4 is 11.8 Å². The smallest absolute Gasteiger partial charge is 0.430 e. The Morgan fingerprint density at radius 2 is 2.06 bits per heavy atom. The van der Waals surface area contributed by atoms with Gasteiger partial charge in [-0.15, -0.1) is 0 Å². The van der Waals surface area contributed by atoms with Crippen LogP contribution < -0.4 is 0 Å². The van der Waals surface area contributed by atoms with Gasteiger partial charge >= 0.3 is 12.1 Å². The minimum absolute atomic E-state index is 0.0874. The van der Waals surface area contributed by atoms with E-state index >= 15 is 0 Å². The van der Waals surface area contributed by atoms with E-state index in [4.69, 9.17) is 9.47 Å². The Morgan fingerprint density at radius 1 is 1.44 bits per heavy atom. The number of Topliss-reactive ketones (excluding diaryl/α,β-unsaturated/α-hetero) is 1. The zero-order chi connectivity index (χ0) is 13.9. The third kappa shape index (κ3) is 3.91. The number of carbonyl (C=O) groups excluding carboxylic acids is 2. The first-order chi connectivity index (χ1) is 8.21. The topological polar surface area (TPSA) is 61.8 Å². The number of hydrogen-bond acceptors (Lipinski definition) is 5. The molecule has 1 aliphatic rings. The third-order valence-corrected chi connectivity index (χ3v) is 2.05. The molecule has 1 aliphatic heterocycles. The Hall–Kier alpha value is -1.22. The molecular formula is C9H10F4O5. The molecule has 0 saturated carbocycles. The Morgan fingerprint density at radius 3 is 2.50 bits per heavy atom. The van der Waals surface area contributed by atoms with Crippen LogP contribution in [0.15, 0.2) is 0 Å². The van der Waals surface area contributed by atoms with Gasteiger partial charge in [-0.05, 0) is 6.92 Å². The van der Waals surface area contributed by atoms with Crippen LogP contribution in [-0.2, 0) is 23.8 Å². The first kappa shape index (κ1) is 14.8. The van der Waals surface area contributed by atoms with E-state index in [2.05, 4.69) is 4.74 Å². The molecule has 0 N–H and O–H groups in total. The van der Waals surface area contributed by atoms with Crippen LogP contribution in [0.25, 0.3) is 0 Å². The van der Waals surface area contributed by atoms with E-state index in [1.54, 1.807) is 0 Å². The third-order valence-electron chi connectivity index (χ3n) is 2.05. The molecule has 0 spiro atoms. The first-order valence-electron chi connectivity index (χ1n) is 4.89. The summed E-state index contributed by atoms with van der Waals surface area (Å²) in [5, 5.41) is 0. The predicted octanol–water partition coefficient (Wildman–Crippen LogP) is 0.760. The lowest BCUT2D eigenvalue weighted by molar-refractivity contribution is -0.201. The standard InChI is InChI=1S/C9H10F4O5/c1-4-16-3-6(18-4)5(14)2-17-8(15)7(10)9(11,12)13/h4,6-7H,2-3H2,1H3/t4?,6-,7?/m0/s1. The van der Waals surface area contributed by atoms with Crippen molar-refractivity contribution in [1.29, 1.82) is 0 Å². The van der Waals surface area contributed by atoms with Crippen LogP contribution in [-0.4, -0.2) is 49.7 Å². The van der Waals surface area contributed by atoms with Gasteiger partial charge in [0.2, 0.25) is 5.78 Å². The molecule has 0 aromatic carbocycles. The molecule has 1 rings (SSSR count). The van der Waals surface area contributed by atoms with Gasteiger partial charge in [0, 0.05) is 0 Å². The van der Waals surface area contributed by atoms with E-state index in [9.17, 15) is 27.2 Å². The summed E-state index contributed by atoms with van der Waals surface area (Å²) in [4.78, 5) is 21.9. The van der Waals surface area contributed by atoms with E-state index in [0.29, 0.717) is 0 Å². The van der Waals surface area contributed by atoms with Crippen molar-refractivity contribution in [2.75, 3.05) is 13.2 Å². The Labute approximate surface area is 99.0 Å². The molecule has 104 valence electrons. The largest absolute Gasteiger partial charge is 0.455 e. The van der Waals surface area contributed by atoms with Crippen molar-refractivity contribution in [1.82, 2.24) is 0 Å². The molecule has 0 radical (unpaired) electrons. The number of halogens is 4. The fraction of sp³-hybridized carbons (Fsp3) is 0.778. The molecule has 0 aliphatic carbocycles. The van der Waals surface area contributed by atoms with Crippen LogP contribution in [0.5, 0.6) is 0 Å². The van der Waals surface area contributed by atoms with E-state index in [-0.39, 0.29) is 6.61 Å². The maximum atomic E-state index is 12.4. The lowest BCUT2D eigenvalue weighted by Crippen LogP contribution is -2.36. The van der Waals surface area contributed by atoms with Crippen molar-refractivity contribution in [2.24, 2.45) is 0 Å². The van der Waals surface area contributed by atoms with Gasteiger partial charge in [0.05, 0.1) is 6.61 Å². The second-order valence-electron chi connectivity index (χ2n) is 3.50. The predicted molar refractivity (Wildman–Crippen MR) is 47.2 cm³/mol. The molecular weight excluding hydrogens is 264 g/mol. The molecule has 0 bridgehead atoms. The van der Waals surface area contributed by atoms with Crippen molar-refractivity contribution in [3.8, 4) is 0 Å². The highest BCUT2D eigenvalue weighted by atomic mass is 19.4. The fourth-order valence-electron chi connectivity index (χ4n) is 1.14. The monoisotopic (exact) mass is 274 g/mol. The second kappa shape index (κ2) is 5.61. The highest BCUT2D eigenvalue weighted by molar-refractivity contribution is 5.87. The van der Waals surface area contributed by atoms with Gasteiger partial charge in [0.15, 0.2) is 12.9 Å². The van der Waals surface area contributed by atoms with Crippen molar-refractivity contribution < 1.29 is 41.4 Å². The minimum Gasteiger partial charge on any atom is -0.455 e. The summed E-state index contributed by atoms with van der Waals surface area (Å²) in [5.41, 5.74) is 0. The average molecular weight is 274 g/mol. The zero-order valence-electron chi connectivity index (χ0n) is 9.20. The van der Waals surface area contributed by atoms with Gasteiger partial charge in [-0.3, -0.25) is 4.79 Å². The summed E-state index contributed by atoms with van der Waals surface area (Å²) >= 11 is 0. The van der Waals surface area contributed by atoms with E-state index in [1.165, 1.54) is 6.92 Å². The Kier molecular flexibility index (Phi) is 4.63. The minimum atomic E-state index is -5.35. The maximum Gasteiger partial charge on any atom is 0.430 e. The van der Waals surface area contributed by atoms with E-state index in [0.717, 1.165) is 0 Å². The highest BCUT2D eigenvalue weighted by Gasteiger charge is 2.47. The second-order valence-corrected chi connectivity index (χ2v) is 3.50. The highest BCUT2D eigenvalue weighted by Crippen LogP contribution is 2.23. The van der Waals surface area contributed by atoms with Gasteiger partial charge < -0.3 is 14.2 Å². The van der Waals surface area contributed by atoms with Crippen LogP contribution in [0.3, 0.4) is 0 Å². The van der Waals surface area contributed by atoms with Gasteiger partial charge in [-0.1, -0.05) is 0 Å². The molecule has 18 heavy (non-hydrogen) atoms. The quantitative estimate of drug-likeness (QED) is 0.559. The van der Waals surface area contributed by atoms with E-state index in [1.807, 2.05) is 0 Å². The number of hydrogen-bond donors (Lipinski definition) is 0. The summed E-state index contributed by atoms with van der Waals surface area (Å²) in [5.74, 6) is -2.94. The number of ether oxygens (including phenoxy) is 3. The summed E-state index contributed by atoms with van der Waals surface area (Å²) in [6.45, 7) is 0.437. The molecule has 1 heterocycles. The van der Waals surface area contributed by atoms with Crippen LogP contribution >= 0.6 is 0 Å². The summed E-state index contributed by atoms with van der Waals surface area (Å²) < 4.78 is 61.4. The summed E-state index contributed by atoms with van der Waals surface area (Å²) in [6.07, 6.45) is -10.7. The van der Waals surface area contributed by atoms with Gasteiger partial charge in [0.1, 0.15) is 6.10 Å². The van der Waals surface area contributed by atoms with Crippen LogP contribution in [0, 0.1) is 0 Å². The van der Waals surface area contributed by atoms with Gasteiger partial charge in [0.25, 0.3) is 6.17 Å². The number of alkyl halides is 4. The SMILES string of the molecule is CC1OC[C@@H](C(=O)COC(=O)C(F)C(F)(F)F)O1. The lowest BCUT2D eigenvalue weighted by atomic mass is 10.2. The first-order valence-corrected chi connectivity index (χ1v) is 4.89. The van der Waals surface area contributed by atoms with Gasteiger partial charge in [-0.2, -0.15) is 13.2 Å². The molecule has 0 aromatic heterocycles. The van der Waals surface area contributed by atoms with Crippen LogP contribution in [0.2, 0.25) is 0 Å². The molecule has 1 fully saturated rings. The molecule has 0 aromatic rings. The molecule has 2 unspecified atom stereocenters. The molecule has 9 heteroatoms. The molecule has 5 nitrogen and oxygen atoms in total. The zero-order valence-corrected chi connectivity index (χ0v) is 9.20. The Bertz CT molecular complexity index is 329. The summed E-state index contributed by atoms with van der Waals surface area (Å²) in [7, 11) is 0. The van der Waals surface area contributed by atoms with Crippen molar-refractivity contribution in [2.45, 2.75) is 31.7 Å². The van der Waals surface area contributed by atoms with Crippen molar-refractivity contribution in [3.63, 3.8) is 0 Å². The fourth-order valence-corrected chi connectivity index (χ4v) is 1.14. The lowest BCUT2D eigenvalue weighted by Gasteiger charge is -2.12. The normalized spacial score (nSPS) is 25.8. The average Bonchev–Trinajstić information content (AvgIpc) is 2.70. The summed E-state index contributed by atoms with van der Waals surface area (Å²) in [6, 6.07) is 0. The number of carbonyl (C=O) groups is 2. The Balaban J connectivity index is 2.37. The number of rotatable bonds is 4. The van der Waals surface area contributed by atoms with Crippen molar-refractivity contribution in [3.05, 3.63) is 0 Å². The van der Waals surface area contributed by atoms with E-state index < -0.39 is 43.1 Å². The number of esters is 1. The molecule has 3 atom stereocenters. The van der Waals surface area contributed by atoms with Crippen LogP contribution in [0.4, 0.5) is 17.6 Å². The molecule has 0 amide bonds. The number of ketones is 1. The maximum absolute atomic E-state index is 12.4. The van der Waals surface area contributed by atoms with Crippen LogP contribution in [0.1, 0.15) is 6.92 Å². The molecule has 1 saturated heterocycles.